The van der Waals surface area contributed by atoms with E-state index in [9.17, 15) is 0 Å². The van der Waals surface area contributed by atoms with Crippen molar-refractivity contribution in [2.24, 2.45) is 0 Å². The lowest BCUT2D eigenvalue weighted by Crippen LogP contribution is -2.38. The molecule has 90 valence electrons. The first-order valence-corrected chi connectivity index (χ1v) is 6.24. The van der Waals surface area contributed by atoms with Crippen LogP contribution in [-0.2, 0) is 0 Å². The lowest BCUT2D eigenvalue weighted by molar-refractivity contribution is 0.161. The molecule has 0 aliphatic heterocycles. The summed E-state index contributed by atoms with van der Waals surface area (Å²) in [5, 5.41) is 21.3. The van der Waals surface area contributed by atoms with Gasteiger partial charge in [-0.15, -0.1) is 0 Å². The number of aliphatic hydroxyl groups is 2. The Morgan fingerprint density at radius 2 is 1.88 bits per heavy atom. The third-order valence-electron chi connectivity index (χ3n) is 2.57. The molecule has 0 heterocycles. The molecule has 0 aromatic heterocycles. The van der Waals surface area contributed by atoms with Gasteiger partial charge in [-0.3, -0.25) is 0 Å². The molecule has 1 aromatic carbocycles. The van der Waals surface area contributed by atoms with Gasteiger partial charge in [0.1, 0.15) is 0 Å². The van der Waals surface area contributed by atoms with Crippen LogP contribution >= 0.6 is 15.9 Å². The van der Waals surface area contributed by atoms with Gasteiger partial charge in [0, 0.05) is 10.5 Å². The van der Waals surface area contributed by atoms with Crippen LogP contribution < -0.4 is 5.32 Å². The van der Waals surface area contributed by atoms with E-state index in [1.54, 1.807) is 0 Å². The second kappa shape index (κ2) is 7.01. The van der Waals surface area contributed by atoms with Crippen molar-refractivity contribution in [1.82, 2.24) is 5.32 Å². The third kappa shape index (κ3) is 3.56. The van der Waals surface area contributed by atoms with Crippen LogP contribution in [-0.4, -0.2) is 29.5 Å². The highest BCUT2D eigenvalue weighted by molar-refractivity contribution is 9.10. The Morgan fingerprint density at radius 1 is 1.25 bits per heavy atom. The average molecular weight is 288 g/mol. The van der Waals surface area contributed by atoms with Gasteiger partial charge >= 0.3 is 0 Å². The fourth-order valence-electron chi connectivity index (χ4n) is 1.63. The van der Waals surface area contributed by atoms with E-state index in [0.717, 1.165) is 16.5 Å². The van der Waals surface area contributed by atoms with Crippen LogP contribution in [0.15, 0.2) is 28.7 Å². The molecule has 0 aliphatic rings. The zero-order valence-corrected chi connectivity index (χ0v) is 10.9. The van der Waals surface area contributed by atoms with E-state index in [1.807, 2.05) is 24.3 Å². The highest BCUT2D eigenvalue weighted by atomic mass is 79.9. The molecule has 1 unspecified atom stereocenters. The largest absolute Gasteiger partial charge is 0.395 e. The lowest BCUT2D eigenvalue weighted by Gasteiger charge is -2.23. The zero-order chi connectivity index (χ0) is 12.0. The maximum atomic E-state index is 9.05. The second-order valence-corrected chi connectivity index (χ2v) is 4.57. The molecule has 1 aromatic rings. The minimum absolute atomic E-state index is 0.0581. The van der Waals surface area contributed by atoms with E-state index < -0.39 is 0 Å². The SMILES string of the molecule is CCC(NC(CO)CO)c1ccccc1Br. The molecule has 1 atom stereocenters. The van der Waals surface area contributed by atoms with E-state index in [2.05, 4.69) is 28.2 Å². The summed E-state index contributed by atoms with van der Waals surface area (Å²) in [5.41, 5.74) is 1.15. The van der Waals surface area contributed by atoms with Crippen molar-refractivity contribution in [2.75, 3.05) is 13.2 Å². The molecule has 0 saturated carbocycles. The normalized spacial score (nSPS) is 13.1. The van der Waals surface area contributed by atoms with Gasteiger partial charge in [-0.05, 0) is 18.1 Å². The molecule has 0 spiro atoms. The molecule has 0 aliphatic carbocycles. The summed E-state index contributed by atoms with van der Waals surface area (Å²) < 4.78 is 1.05. The first-order chi connectivity index (χ1) is 7.72. The van der Waals surface area contributed by atoms with Gasteiger partial charge in [0.15, 0.2) is 0 Å². The summed E-state index contributed by atoms with van der Waals surface area (Å²) >= 11 is 3.51. The van der Waals surface area contributed by atoms with Crippen molar-refractivity contribution in [2.45, 2.75) is 25.4 Å². The minimum atomic E-state index is -0.267. The Bertz CT molecular complexity index is 316. The number of benzene rings is 1. The highest BCUT2D eigenvalue weighted by Gasteiger charge is 2.16. The van der Waals surface area contributed by atoms with Gasteiger partial charge < -0.3 is 15.5 Å². The molecule has 0 fully saturated rings. The van der Waals surface area contributed by atoms with Crippen LogP contribution in [0.5, 0.6) is 0 Å². The molecule has 3 nitrogen and oxygen atoms in total. The van der Waals surface area contributed by atoms with Crippen molar-refractivity contribution in [3.63, 3.8) is 0 Å². The van der Waals surface area contributed by atoms with Gasteiger partial charge in [-0.25, -0.2) is 0 Å². The van der Waals surface area contributed by atoms with Crippen molar-refractivity contribution in [1.29, 1.82) is 0 Å². The molecular weight excluding hydrogens is 270 g/mol. The Kier molecular flexibility index (Phi) is 5.98. The van der Waals surface area contributed by atoms with E-state index in [1.165, 1.54) is 0 Å². The number of halogens is 1. The Labute approximate surface area is 105 Å². The maximum absolute atomic E-state index is 9.05. The Balaban J connectivity index is 2.78. The molecular formula is C12H18BrNO2. The number of aliphatic hydroxyl groups excluding tert-OH is 2. The van der Waals surface area contributed by atoms with Crippen LogP contribution in [0, 0.1) is 0 Å². The van der Waals surface area contributed by atoms with Gasteiger partial charge in [-0.2, -0.15) is 0 Å². The highest BCUT2D eigenvalue weighted by Crippen LogP contribution is 2.25. The fraction of sp³-hybridized carbons (Fsp3) is 0.500. The molecule has 3 N–H and O–H groups in total. The standard InChI is InChI=1S/C12H18BrNO2/c1-2-12(14-9(7-15)8-16)10-5-3-4-6-11(10)13/h3-6,9,12,14-16H,2,7-8H2,1H3. The van der Waals surface area contributed by atoms with Crippen molar-refractivity contribution in [3.05, 3.63) is 34.3 Å². The predicted octanol–water partition coefficient (Wildman–Crippen LogP) is 1.84. The molecule has 16 heavy (non-hydrogen) atoms. The van der Waals surface area contributed by atoms with Crippen molar-refractivity contribution in [3.8, 4) is 0 Å². The minimum Gasteiger partial charge on any atom is -0.395 e. The molecule has 4 heteroatoms. The third-order valence-corrected chi connectivity index (χ3v) is 3.29. The average Bonchev–Trinajstić information content (AvgIpc) is 2.32. The smallest absolute Gasteiger partial charge is 0.0607 e. The van der Waals surface area contributed by atoms with Gasteiger partial charge in [-0.1, -0.05) is 41.1 Å². The molecule has 1 rings (SSSR count). The summed E-state index contributed by atoms with van der Waals surface area (Å²) in [6.07, 6.45) is 0.902. The topological polar surface area (TPSA) is 52.5 Å². The van der Waals surface area contributed by atoms with Crippen LogP contribution in [0.4, 0.5) is 0 Å². The van der Waals surface area contributed by atoms with Crippen molar-refractivity contribution < 1.29 is 10.2 Å². The summed E-state index contributed by atoms with van der Waals surface area (Å²) in [6, 6.07) is 7.86. The van der Waals surface area contributed by atoms with Gasteiger partial charge in [0.2, 0.25) is 0 Å². The molecule has 0 amide bonds. The molecule has 0 saturated heterocycles. The second-order valence-electron chi connectivity index (χ2n) is 3.71. The number of rotatable bonds is 6. The number of nitrogens with one attached hydrogen (secondary N) is 1. The van der Waals surface area contributed by atoms with E-state index in [0.29, 0.717) is 0 Å². The number of hydrogen-bond donors (Lipinski definition) is 3. The first-order valence-electron chi connectivity index (χ1n) is 5.45. The lowest BCUT2D eigenvalue weighted by atomic mass is 10.0. The fourth-order valence-corrected chi connectivity index (χ4v) is 2.19. The van der Waals surface area contributed by atoms with Gasteiger partial charge in [0.25, 0.3) is 0 Å². The molecule has 0 radical (unpaired) electrons. The van der Waals surface area contributed by atoms with Crippen molar-refractivity contribution >= 4 is 15.9 Å². The summed E-state index contributed by atoms with van der Waals surface area (Å²) in [6.45, 7) is 1.96. The number of hydrogen-bond acceptors (Lipinski definition) is 3. The van der Waals surface area contributed by atoms with E-state index in [4.69, 9.17) is 10.2 Å². The summed E-state index contributed by atoms with van der Waals surface area (Å²) in [5.74, 6) is 0. The monoisotopic (exact) mass is 287 g/mol. The van der Waals surface area contributed by atoms with E-state index in [-0.39, 0.29) is 25.3 Å². The zero-order valence-electron chi connectivity index (χ0n) is 9.36. The first kappa shape index (κ1) is 13.6. The summed E-state index contributed by atoms with van der Waals surface area (Å²) in [4.78, 5) is 0. The maximum Gasteiger partial charge on any atom is 0.0607 e. The van der Waals surface area contributed by atoms with Crippen LogP contribution in [0.3, 0.4) is 0 Å². The Hall–Kier alpha value is -0.420. The summed E-state index contributed by atoms with van der Waals surface area (Å²) in [7, 11) is 0. The van der Waals surface area contributed by atoms with Crippen LogP contribution in [0.1, 0.15) is 24.9 Å². The van der Waals surface area contributed by atoms with Crippen LogP contribution in [0.25, 0.3) is 0 Å². The van der Waals surface area contributed by atoms with E-state index >= 15 is 0 Å². The Morgan fingerprint density at radius 3 is 2.38 bits per heavy atom. The predicted molar refractivity (Wildman–Crippen MR) is 68.3 cm³/mol. The quantitative estimate of drug-likeness (QED) is 0.748. The van der Waals surface area contributed by atoms with Gasteiger partial charge in [0.05, 0.1) is 19.3 Å². The molecule has 0 bridgehead atoms. The van der Waals surface area contributed by atoms with Crippen LogP contribution in [0.2, 0.25) is 0 Å².